The molecule has 0 saturated carbocycles. The summed E-state index contributed by atoms with van der Waals surface area (Å²) in [5, 5.41) is -0.203. The maximum Gasteiger partial charge on any atom is 0.417 e. The summed E-state index contributed by atoms with van der Waals surface area (Å²) in [6.45, 7) is -3.24. The van der Waals surface area contributed by atoms with Crippen molar-refractivity contribution >= 4 is 34.8 Å². The first-order valence-corrected chi connectivity index (χ1v) is 7.04. The highest BCUT2D eigenvalue weighted by atomic mass is 35.5. The van der Waals surface area contributed by atoms with Gasteiger partial charge in [0, 0.05) is 5.56 Å². The molecule has 0 spiro atoms. The number of halogens is 8. The van der Waals surface area contributed by atoms with Gasteiger partial charge in [0.15, 0.2) is 0 Å². The van der Waals surface area contributed by atoms with Gasteiger partial charge < -0.3 is 4.74 Å². The van der Waals surface area contributed by atoms with Gasteiger partial charge in [-0.05, 0) is 23.8 Å². The summed E-state index contributed by atoms with van der Waals surface area (Å²) < 4.78 is 68.0. The number of hydrogen-bond donors (Lipinski definition) is 0. The highest BCUT2D eigenvalue weighted by Gasteiger charge is 2.35. The molecule has 0 aliphatic carbocycles. The summed E-state index contributed by atoms with van der Waals surface area (Å²) in [6, 6.07) is 4.98. The van der Waals surface area contributed by atoms with E-state index >= 15 is 0 Å². The molecule has 2 aromatic rings. The lowest BCUT2D eigenvalue weighted by molar-refractivity contribution is -0.137. The predicted molar refractivity (Wildman–Crippen MR) is 78.5 cm³/mol. The van der Waals surface area contributed by atoms with E-state index in [-0.39, 0.29) is 26.2 Å². The molecule has 0 N–H and O–H groups in total. The van der Waals surface area contributed by atoms with Crippen LogP contribution in [0.5, 0.6) is 5.75 Å². The van der Waals surface area contributed by atoms with Crippen LogP contribution in [0.4, 0.5) is 22.0 Å². The summed E-state index contributed by atoms with van der Waals surface area (Å²) in [4.78, 5) is 0. The Bertz CT molecular complexity index is 731. The molecule has 0 aromatic heterocycles. The minimum atomic E-state index is -4.81. The van der Waals surface area contributed by atoms with Crippen LogP contribution in [-0.4, -0.2) is 6.61 Å². The first kappa shape index (κ1) is 18.1. The smallest absolute Gasteiger partial charge is 0.417 e. The van der Waals surface area contributed by atoms with Crippen molar-refractivity contribution in [3.63, 3.8) is 0 Å². The Kier molecular flexibility index (Phi) is 5.28. The molecule has 0 fully saturated rings. The minimum Gasteiger partial charge on any atom is -0.435 e. The molecule has 1 nitrogen and oxygen atoms in total. The second kappa shape index (κ2) is 6.71. The number of benzene rings is 2. The molecule has 0 aliphatic rings. The molecule has 0 unspecified atom stereocenters. The predicted octanol–water partition coefficient (Wildman–Crippen LogP) is 6.93. The maximum absolute atomic E-state index is 13.2. The van der Waals surface area contributed by atoms with Crippen molar-refractivity contribution in [2.24, 2.45) is 0 Å². The third-order valence-electron chi connectivity index (χ3n) is 2.85. The van der Waals surface area contributed by atoms with Gasteiger partial charge in [0.25, 0.3) is 0 Å². The van der Waals surface area contributed by atoms with E-state index in [1.54, 1.807) is 0 Å². The fourth-order valence-electron chi connectivity index (χ4n) is 1.90. The van der Waals surface area contributed by atoms with E-state index in [0.29, 0.717) is 6.07 Å². The van der Waals surface area contributed by atoms with E-state index in [0.717, 1.165) is 12.1 Å². The lowest BCUT2D eigenvalue weighted by atomic mass is 9.99. The van der Waals surface area contributed by atoms with E-state index in [9.17, 15) is 22.0 Å². The van der Waals surface area contributed by atoms with Crippen molar-refractivity contribution in [1.29, 1.82) is 0 Å². The molecule has 0 heterocycles. The molecule has 0 aliphatic heterocycles. The monoisotopic (exact) mass is 390 g/mol. The van der Waals surface area contributed by atoms with E-state index in [1.165, 1.54) is 12.1 Å². The molecule has 0 amide bonds. The zero-order valence-corrected chi connectivity index (χ0v) is 13.2. The molecule has 0 radical (unpaired) electrons. The van der Waals surface area contributed by atoms with Gasteiger partial charge in [-0.15, -0.1) is 0 Å². The average molecular weight is 392 g/mol. The van der Waals surface area contributed by atoms with E-state index in [2.05, 4.69) is 4.74 Å². The van der Waals surface area contributed by atoms with Crippen molar-refractivity contribution < 1.29 is 26.7 Å². The van der Waals surface area contributed by atoms with Gasteiger partial charge >= 0.3 is 12.8 Å². The second-order valence-corrected chi connectivity index (χ2v) is 5.47. The Morgan fingerprint density at radius 2 is 1.48 bits per heavy atom. The fourth-order valence-corrected chi connectivity index (χ4v) is 2.54. The number of hydrogen-bond acceptors (Lipinski definition) is 1. The third kappa shape index (κ3) is 4.00. The Morgan fingerprint density at radius 3 is 2.04 bits per heavy atom. The minimum absolute atomic E-state index is 0.0306. The van der Waals surface area contributed by atoms with Crippen LogP contribution in [0.1, 0.15) is 5.56 Å². The Labute approximate surface area is 142 Å². The molecule has 0 saturated heterocycles. The molecule has 0 atom stereocenters. The van der Waals surface area contributed by atoms with Gasteiger partial charge in [-0.3, -0.25) is 0 Å². The van der Waals surface area contributed by atoms with Gasteiger partial charge in [0.2, 0.25) is 0 Å². The van der Waals surface area contributed by atoms with Crippen molar-refractivity contribution in [2.75, 3.05) is 0 Å². The first-order chi connectivity index (χ1) is 10.6. The Balaban J connectivity index is 2.65. The number of alkyl halides is 5. The third-order valence-corrected chi connectivity index (χ3v) is 4.14. The van der Waals surface area contributed by atoms with Crippen LogP contribution in [-0.2, 0) is 6.18 Å². The molecular formula is C14H6Cl3F5O. The van der Waals surface area contributed by atoms with Crippen molar-refractivity contribution in [3.05, 3.63) is 51.0 Å². The maximum atomic E-state index is 13.2. The first-order valence-electron chi connectivity index (χ1n) is 5.91. The standard InChI is InChI=1S/C14H6Cl3F5O/c15-10-4-3-8(11(16)12(10)17)7-2-1-6(23-13(18)19)5-9(7)14(20,21)22/h1-5,13H. The summed E-state index contributed by atoms with van der Waals surface area (Å²) >= 11 is 17.5. The lowest BCUT2D eigenvalue weighted by Gasteiger charge is -2.16. The van der Waals surface area contributed by atoms with Crippen LogP contribution in [0.2, 0.25) is 15.1 Å². The Morgan fingerprint density at radius 1 is 0.870 bits per heavy atom. The van der Waals surface area contributed by atoms with Gasteiger partial charge in [-0.25, -0.2) is 0 Å². The normalized spacial score (nSPS) is 11.9. The van der Waals surface area contributed by atoms with Crippen molar-refractivity contribution in [1.82, 2.24) is 0 Å². The van der Waals surface area contributed by atoms with E-state index in [4.69, 9.17) is 34.8 Å². The fraction of sp³-hybridized carbons (Fsp3) is 0.143. The largest absolute Gasteiger partial charge is 0.435 e. The zero-order valence-electron chi connectivity index (χ0n) is 10.9. The van der Waals surface area contributed by atoms with E-state index < -0.39 is 24.1 Å². The summed E-state index contributed by atoms with van der Waals surface area (Å²) in [5.74, 6) is -0.618. The molecule has 23 heavy (non-hydrogen) atoms. The Hall–Kier alpha value is -1.24. The van der Waals surface area contributed by atoms with Crippen LogP contribution in [0.25, 0.3) is 11.1 Å². The lowest BCUT2D eigenvalue weighted by Crippen LogP contribution is -2.09. The highest BCUT2D eigenvalue weighted by molar-refractivity contribution is 6.49. The highest BCUT2D eigenvalue weighted by Crippen LogP contribution is 2.44. The molecule has 124 valence electrons. The summed E-state index contributed by atoms with van der Waals surface area (Å²) in [6.07, 6.45) is -4.81. The topological polar surface area (TPSA) is 9.23 Å². The van der Waals surface area contributed by atoms with Gasteiger partial charge in [-0.2, -0.15) is 22.0 Å². The zero-order chi connectivity index (χ0) is 17.4. The van der Waals surface area contributed by atoms with Gasteiger partial charge in [0.1, 0.15) is 5.75 Å². The van der Waals surface area contributed by atoms with Crippen LogP contribution in [0, 0.1) is 0 Å². The van der Waals surface area contributed by atoms with Crippen LogP contribution in [0.3, 0.4) is 0 Å². The van der Waals surface area contributed by atoms with Crippen LogP contribution >= 0.6 is 34.8 Å². The van der Waals surface area contributed by atoms with Crippen LogP contribution < -0.4 is 4.74 Å². The molecule has 0 bridgehead atoms. The van der Waals surface area contributed by atoms with Crippen LogP contribution in [0.15, 0.2) is 30.3 Å². The number of rotatable bonds is 3. The SMILES string of the molecule is FC(F)Oc1ccc(-c2ccc(Cl)c(Cl)c2Cl)c(C(F)(F)F)c1. The number of ether oxygens (including phenoxy) is 1. The van der Waals surface area contributed by atoms with Gasteiger partial charge in [0.05, 0.1) is 20.6 Å². The van der Waals surface area contributed by atoms with Crippen molar-refractivity contribution in [3.8, 4) is 16.9 Å². The molecule has 9 heteroatoms. The summed E-state index contributed by atoms with van der Waals surface area (Å²) in [5.41, 5.74) is -1.55. The van der Waals surface area contributed by atoms with E-state index in [1.807, 2.05) is 0 Å². The van der Waals surface area contributed by atoms with Crippen molar-refractivity contribution in [2.45, 2.75) is 12.8 Å². The summed E-state index contributed by atoms with van der Waals surface area (Å²) in [7, 11) is 0. The molecule has 2 rings (SSSR count). The second-order valence-electron chi connectivity index (χ2n) is 4.31. The molecule has 2 aromatic carbocycles. The van der Waals surface area contributed by atoms with Gasteiger partial charge in [-0.1, -0.05) is 46.9 Å². The quantitative estimate of drug-likeness (QED) is 0.407. The molecular weight excluding hydrogens is 386 g/mol. The average Bonchev–Trinajstić information content (AvgIpc) is 2.44.